The van der Waals surface area contributed by atoms with E-state index in [-0.39, 0.29) is 42.7 Å². The van der Waals surface area contributed by atoms with E-state index in [9.17, 15) is 9.90 Å². The summed E-state index contributed by atoms with van der Waals surface area (Å²) in [6.07, 6.45) is 1.18. The monoisotopic (exact) mass is 546 g/mol. The number of halogens is 1. The topological polar surface area (TPSA) is 95.0 Å². The summed E-state index contributed by atoms with van der Waals surface area (Å²) in [4.78, 5) is 17.2. The lowest BCUT2D eigenvalue weighted by Gasteiger charge is -2.20. The highest BCUT2D eigenvalue weighted by atomic mass is 127. The number of nitrogens with zero attached hydrogens (tertiary/aromatic N) is 1. The summed E-state index contributed by atoms with van der Waals surface area (Å²) in [5.74, 6) is 1.10. The summed E-state index contributed by atoms with van der Waals surface area (Å²) >= 11 is 1.59. The number of benzene rings is 1. The van der Waals surface area contributed by atoms with Crippen LogP contribution in [0.15, 0.2) is 35.3 Å². The molecule has 7 nitrogen and oxygen atoms in total. The van der Waals surface area contributed by atoms with Crippen molar-refractivity contribution in [3.8, 4) is 0 Å². The average Bonchev–Trinajstić information content (AvgIpc) is 3.46. The summed E-state index contributed by atoms with van der Waals surface area (Å²) in [7, 11) is 0. The number of aliphatic hydroxyl groups excluding tert-OH is 1. The number of hydrogen-bond acceptors (Lipinski definition) is 5. The molecule has 2 aromatic rings. The fourth-order valence-electron chi connectivity index (χ4n) is 3.14. The molecule has 1 amide bonds. The fraction of sp³-hybridized carbons (Fsp3) is 0.524. The normalized spacial score (nSPS) is 15.8. The van der Waals surface area contributed by atoms with E-state index in [0.717, 1.165) is 27.8 Å². The molecule has 1 aromatic heterocycles. The van der Waals surface area contributed by atoms with Gasteiger partial charge < -0.3 is 25.8 Å². The molecular weight excluding hydrogens is 515 g/mol. The van der Waals surface area contributed by atoms with Crippen molar-refractivity contribution in [2.75, 3.05) is 26.2 Å². The van der Waals surface area contributed by atoms with Crippen LogP contribution in [0, 0.1) is 5.92 Å². The molecule has 3 rings (SSSR count). The van der Waals surface area contributed by atoms with Crippen LogP contribution in [0.2, 0.25) is 0 Å². The molecule has 1 fully saturated rings. The minimum absolute atomic E-state index is 0. The third-order valence-corrected chi connectivity index (χ3v) is 6.02. The van der Waals surface area contributed by atoms with Gasteiger partial charge in [-0.2, -0.15) is 0 Å². The maximum absolute atomic E-state index is 11.8. The van der Waals surface area contributed by atoms with Crippen LogP contribution >= 0.6 is 35.3 Å². The van der Waals surface area contributed by atoms with E-state index in [0.29, 0.717) is 31.6 Å². The summed E-state index contributed by atoms with van der Waals surface area (Å²) in [5.41, 5.74) is 0. The molecule has 0 aliphatic heterocycles. The number of ether oxygens (including phenoxy) is 1. The second-order valence-corrected chi connectivity index (χ2v) is 8.23. The highest BCUT2D eigenvalue weighted by molar-refractivity contribution is 14.0. The molecule has 1 saturated carbocycles. The Morgan fingerprint density at radius 1 is 1.30 bits per heavy atom. The van der Waals surface area contributed by atoms with Crippen LogP contribution in [0.1, 0.15) is 37.7 Å². The zero-order valence-corrected chi connectivity index (χ0v) is 20.5. The van der Waals surface area contributed by atoms with Crippen LogP contribution < -0.4 is 16.0 Å². The van der Waals surface area contributed by atoms with Crippen molar-refractivity contribution in [1.29, 1.82) is 0 Å². The van der Waals surface area contributed by atoms with Crippen molar-refractivity contribution < 1.29 is 14.6 Å². The number of hydrogen-bond donors (Lipinski definition) is 4. The van der Waals surface area contributed by atoms with E-state index in [1.165, 1.54) is 0 Å². The third kappa shape index (κ3) is 7.28. The Bertz CT molecular complexity index is 808. The minimum atomic E-state index is -0.653. The van der Waals surface area contributed by atoms with Crippen molar-refractivity contribution in [2.45, 2.75) is 38.8 Å². The van der Waals surface area contributed by atoms with Gasteiger partial charge in [0.25, 0.3) is 0 Å². The van der Waals surface area contributed by atoms with Gasteiger partial charge in [-0.3, -0.25) is 4.99 Å². The van der Waals surface area contributed by atoms with Gasteiger partial charge in [0.2, 0.25) is 0 Å². The number of thiophene rings is 1. The first-order chi connectivity index (χ1) is 14.1. The first-order valence-electron chi connectivity index (χ1n) is 10.2. The van der Waals surface area contributed by atoms with Gasteiger partial charge in [0, 0.05) is 22.7 Å². The maximum Gasteiger partial charge on any atom is 0.407 e. The van der Waals surface area contributed by atoms with Gasteiger partial charge in [-0.1, -0.05) is 18.2 Å². The van der Waals surface area contributed by atoms with Gasteiger partial charge in [-0.25, -0.2) is 4.79 Å². The largest absolute Gasteiger partial charge is 0.450 e. The Morgan fingerprint density at radius 3 is 2.73 bits per heavy atom. The molecule has 0 bridgehead atoms. The highest BCUT2D eigenvalue weighted by Crippen LogP contribution is 2.32. The molecule has 0 saturated heterocycles. The molecule has 1 aliphatic carbocycles. The van der Waals surface area contributed by atoms with Crippen molar-refractivity contribution in [1.82, 2.24) is 16.0 Å². The van der Waals surface area contributed by atoms with E-state index in [1.54, 1.807) is 18.3 Å². The molecule has 166 valence electrons. The number of alkyl carbamates (subject to hydrolysis) is 1. The quantitative estimate of drug-likeness (QED) is 0.219. The van der Waals surface area contributed by atoms with E-state index in [2.05, 4.69) is 27.0 Å². The van der Waals surface area contributed by atoms with Crippen LogP contribution in [0.3, 0.4) is 0 Å². The second kappa shape index (κ2) is 12.3. The molecule has 0 radical (unpaired) electrons. The Labute approximate surface area is 198 Å². The molecule has 1 aliphatic rings. The molecule has 2 atom stereocenters. The summed E-state index contributed by atoms with van der Waals surface area (Å²) in [5, 5.41) is 21.1. The number of guanidine groups is 1. The lowest BCUT2D eigenvalue weighted by Crippen LogP contribution is -2.48. The number of aliphatic imine (C=N–C) groups is 1. The van der Waals surface area contributed by atoms with Crippen molar-refractivity contribution in [3.05, 3.63) is 35.2 Å². The van der Waals surface area contributed by atoms with Crippen LogP contribution in [0.4, 0.5) is 4.79 Å². The van der Waals surface area contributed by atoms with E-state index >= 15 is 0 Å². The van der Waals surface area contributed by atoms with E-state index in [4.69, 9.17) is 4.74 Å². The van der Waals surface area contributed by atoms with E-state index in [1.807, 2.05) is 31.2 Å². The molecule has 1 heterocycles. The zero-order chi connectivity index (χ0) is 20.6. The van der Waals surface area contributed by atoms with Gasteiger partial charge in [-0.15, -0.1) is 35.3 Å². The lowest BCUT2D eigenvalue weighted by molar-refractivity contribution is 0.146. The van der Waals surface area contributed by atoms with Gasteiger partial charge in [-0.05, 0) is 50.1 Å². The molecule has 4 N–H and O–H groups in total. The third-order valence-electron chi connectivity index (χ3n) is 4.80. The predicted molar refractivity (Wildman–Crippen MR) is 133 cm³/mol. The van der Waals surface area contributed by atoms with E-state index < -0.39 is 6.10 Å². The lowest BCUT2D eigenvalue weighted by atomic mass is 10.2. The number of aliphatic hydroxyl groups is 1. The molecule has 2 unspecified atom stereocenters. The molecule has 1 aromatic carbocycles. The first-order valence-corrected chi connectivity index (χ1v) is 11.0. The Balaban J connectivity index is 0.00000320. The van der Waals surface area contributed by atoms with Gasteiger partial charge in [0.1, 0.15) is 6.10 Å². The van der Waals surface area contributed by atoms with Crippen molar-refractivity contribution in [3.63, 3.8) is 0 Å². The number of amides is 1. The van der Waals surface area contributed by atoms with Gasteiger partial charge in [0.15, 0.2) is 5.96 Å². The molecule has 0 spiro atoms. The Kier molecular flexibility index (Phi) is 10.1. The smallest absolute Gasteiger partial charge is 0.407 e. The SMILES string of the molecule is CCNC(=NCC(O)c1cc2ccccc2s1)NCC(NC(=O)OCC)C1CC1.I. The highest BCUT2D eigenvalue weighted by Gasteiger charge is 2.32. The predicted octanol–water partition coefficient (Wildman–Crippen LogP) is 3.63. The van der Waals surface area contributed by atoms with Crippen LogP contribution in [-0.2, 0) is 4.74 Å². The number of fused-ring (bicyclic) bond motifs is 1. The van der Waals surface area contributed by atoms with Gasteiger partial charge >= 0.3 is 6.09 Å². The van der Waals surface area contributed by atoms with Crippen LogP contribution in [-0.4, -0.2) is 49.4 Å². The standard InChI is InChI=1S/C21H30N4O3S.HI/c1-3-22-20(23-12-16(14-9-10-14)25-21(27)28-4-2)24-13-17(26)19-11-15-7-5-6-8-18(15)29-19;/h5-8,11,14,16-17,26H,3-4,9-10,12-13H2,1-2H3,(H,25,27)(H2,22,23,24);1H. The summed E-state index contributed by atoms with van der Waals surface area (Å²) < 4.78 is 6.16. The fourth-order valence-corrected chi connectivity index (χ4v) is 4.18. The second-order valence-electron chi connectivity index (χ2n) is 7.11. The Hall–Kier alpha value is -1.59. The number of rotatable bonds is 9. The van der Waals surface area contributed by atoms with Crippen LogP contribution in [0.5, 0.6) is 0 Å². The summed E-state index contributed by atoms with van der Waals surface area (Å²) in [6, 6.07) is 10.1. The van der Waals surface area contributed by atoms with Crippen molar-refractivity contribution >= 4 is 57.5 Å². The average molecular weight is 546 g/mol. The van der Waals surface area contributed by atoms with Gasteiger partial charge in [0.05, 0.1) is 19.2 Å². The zero-order valence-electron chi connectivity index (χ0n) is 17.4. The molecule has 9 heteroatoms. The molecule has 30 heavy (non-hydrogen) atoms. The summed E-state index contributed by atoms with van der Waals surface area (Å²) in [6.45, 7) is 5.69. The number of nitrogens with one attached hydrogen (secondary N) is 3. The van der Waals surface area contributed by atoms with Crippen LogP contribution in [0.25, 0.3) is 10.1 Å². The maximum atomic E-state index is 11.8. The number of carbonyl (C=O) groups is 1. The molecular formula is C21H31IN4O3S. The van der Waals surface area contributed by atoms with Crippen molar-refractivity contribution in [2.24, 2.45) is 10.9 Å². The minimum Gasteiger partial charge on any atom is -0.450 e. The Morgan fingerprint density at radius 2 is 2.07 bits per heavy atom. The number of carbonyl (C=O) groups excluding carboxylic acids is 1. The first kappa shape index (κ1) is 24.7.